The molecule has 2 amide bonds. The lowest BCUT2D eigenvalue weighted by atomic mass is 10.3. The van der Waals surface area contributed by atoms with Crippen LogP contribution < -0.4 is 16.6 Å². The third-order valence-corrected chi connectivity index (χ3v) is 1.02. The normalized spacial score (nSPS) is 8.60. The maximum atomic E-state index is 10.5. The van der Waals surface area contributed by atoms with Crippen LogP contribution in [0.3, 0.4) is 0 Å². The summed E-state index contributed by atoms with van der Waals surface area (Å²) in [4.78, 5) is 20.9. The fraction of sp³-hybridized carbons (Fsp3) is 0.600. The maximum Gasteiger partial charge on any atom is 0.234 e. The molecule has 58 valence electrons. The van der Waals surface area contributed by atoms with E-state index in [1.165, 1.54) is 7.05 Å². The first-order chi connectivity index (χ1) is 4.70. The zero-order valence-corrected chi connectivity index (χ0v) is 5.81. The van der Waals surface area contributed by atoms with Crippen LogP contribution >= 0.6 is 0 Å². The van der Waals surface area contributed by atoms with Gasteiger partial charge in [-0.2, -0.15) is 0 Å². The van der Waals surface area contributed by atoms with Gasteiger partial charge in [-0.15, -0.1) is 0 Å². The second kappa shape index (κ2) is 4.75. The van der Waals surface area contributed by atoms with Crippen molar-refractivity contribution < 1.29 is 9.59 Å². The number of carbonyl (C=O) groups is 2. The largest absolute Gasteiger partial charge is 0.359 e. The molecule has 0 saturated carbocycles. The molecular formula is C5H11N3O2. The Hall–Kier alpha value is -1.10. The van der Waals surface area contributed by atoms with Gasteiger partial charge in [-0.05, 0) is 0 Å². The van der Waals surface area contributed by atoms with Gasteiger partial charge in [0.15, 0.2) is 0 Å². The summed E-state index contributed by atoms with van der Waals surface area (Å²) in [5, 5.41) is 2.38. The Morgan fingerprint density at radius 2 is 1.80 bits per heavy atom. The highest BCUT2D eigenvalue weighted by Gasteiger charge is 2.01. The average Bonchev–Trinajstić information content (AvgIpc) is 1.99. The van der Waals surface area contributed by atoms with Crippen LogP contribution in [0.5, 0.6) is 0 Å². The van der Waals surface area contributed by atoms with Gasteiger partial charge in [-0.25, -0.2) is 5.84 Å². The Morgan fingerprint density at radius 3 is 2.20 bits per heavy atom. The molecule has 0 aliphatic carbocycles. The van der Waals surface area contributed by atoms with Crippen LogP contribution in [0.1, 0.15) is 12.8 Å². The van der Waals surface area contributed by atoms with E-state index in [1.807, 2.05) is 5.43 Å². The van der Waals surface area contributed by atoms with Crippen LogP contribution in [0, 0.1) is 0 Å². The minimum Gasteiger partial charge on any atom is -0.359 e. The summed E-state index contributed by atoms with van der Waals surface area (Å²) >= 11 is 0. The minimum absolute atomic E-state index is 0.135. The smallest absolute Gasteiger partial charge is 0.234 e. The zero-order chi connectivity index (χ0) is 7.98. The molecule has 0 radical (unpaired) electrons. The summed E-state index contributed by atoms with van der Waals surface area (Å²) in [6.07, 6.45) is 0.315. The zero-order valence-electron chi connectivity index (χ0n) is 5.81. The van der Waals surface area contributed by atoms with Crippen LogP contribution in [0.25, 0.3) is 0 Å². The van der Waals surface area contributed by atoms with Gasteiger partial charge in [0.25, 0.3) is 0 Å². The third-order valence-electron chi connectivity index (χ3n) is 1.02. The molecule has 0 unspecified atom stereocenters. The molecule has 0 aromatic heterocycles. The fourth-order valence-electron chi connectivity index (χ4n) is 0.424. The van der Waals surface area contributed by atoms with Crippen LogP contribution in [0.2, 0.25) is 0 Å². The first-order valence-corrected chi connectivity index (χ1v) is 2.90. The lowest BCUT2D eigenvalue weighted by Gasteiger charge is -1.97. The summed E-state index contributed by atoms with van der Waals surface area (Å²) in [6, 6.07) is 0. The lowest BCUT2D eigenvalue weighted by Crippen LogP contribution is -2.31. The molecule has 0 rings (SSSR count). The van der Waals surface area contributed by atoms with E-state index < -0.39 is 0 Å². The summed E-state index contributed by atoms with van der Waals surface area (Å²) < 4.78 is 0. The molecule has 4 N–H and O–H groups in total. The Morgan fingerprint density at radius 1 is 1.30 bits per heavy atom. The standard InChI is InChI=1S/C5H11N3O2/c1-7-4(9)2-3-5(10)8-6/h2-3,6H2,1H3,(H,7,9)(H,8,10). The molecule has 0 aliphatic heterocycles. The molecule has 10 heavy (non-hydrogen) atoms. The van der Waals surface area contributed by atoms with Crippen LogP contribution in [0.4, 0.5) is 0 Å². The topological polar surface area (TPSA) is 84.2 Å². The van der Waals surface area contributed by atoms with Crippen LogP contribution in [-0.2, 0) is 9.59 Å². The highest BCUT2D eigenvalue weighted by Crippen LogP contribution is 1.86. The highest BCUT2D eigenvalue weighted by atomic mass is 16.2. The summed E-state index contributed by atoms with van der Waals surface area (Å²) in [5.74, 6) is 4.28. The number of amides is 2. The van der Waals surface area contributed by atoms with Crippen molar-refractivity contribution in [2.75, 3.05) is 7.05 Å². The SMILES string of the molecule is CNC(=O)CCC(=O)NN. The molecule has 0 fully saturated rings. The summed E-state index contributed by atoms with van der Waals surface area (Å²) in [6.45, 7) is 0. The molecule has 0 aromatic carbocycles. The molecule has 5 heteroatoms. The summed E-state index contributed by atoms with van der Waals surface area (Å²) in [7, 11) is 1.52. The van der Waals surface area contributed by atoms with Gasteiger partial charge in [-0.3, -0.25) is 15.0 Å². The predicted molar refractivity (Wildman–Crippen MR) is 35.6 cm³/mol. The average molecular weight is 145 g/mol. The van der Waals surface area contributed by atoms with Gasteiger partial charge < -0.3 is 5.32 Å². The van der Waals surface area contributed by atoms with Gasteiger partial charge >= 0.3 is 0 Å². The van der Waals surface area contributed by atoms with Crippen molar-refractivity contribution >= 4 is 11.8 Å². The molecule has 0 heterocycles. The van der Waals surface area contributed by atoms with Gasteiger partial charge in [-0.1, -0.05) is 0 Å². The van der Waals surface area contributed by atoms with Crippen molar-refractivity contribution in [3.05, 3.63) is 0 Å². The van der Waals surface area contributed by atoms with Crippen molar-refractivity contribution in [1.82, 2.24) is 10.7 Å². The molecule has 0 aliphatic rings. The van der Waals surface area contributed by atoms with E-state index in [9.17, 15) is 9.59 Å². The number of rotatable bonds is 3. The quantitative estimate of drug-likeness (QED) is 0.257. The van der Waals surface area contributed by atoms with Crippen molar-refractivity contribution in [3.8, 4) is 0 Å². The second-order valence-corrected chi connectivity index (χ2v) is 1.74. The number of nitrogens with two attached hydrogens (primary N) is 1. The molecular weight excluding hydrogens is 134 g/mol. The van der Waals surface area contributed by atoms with Gasteiger partial charge in [0.1, 0.15) is 0 Å². The van der Waals surface area contributed by atoms with E-state index in [1.54, 1.807) is 0 Å². The molecule has 0 saturated heterocycles. The molecule has 5 nitrogen and oxygen atoms in total. The van der Waals surface area contributed by atoms with E-state index in [0.717, 1.165) is 0 Å². The fourth-order valence-corrected chi connectivity index (χ4v) is 0.424. The maximum absolute atomic E-state index is 10.5. The first-order valence-electron chi connectivity index (χ1n) is 2.90. The van der Waals surface area contributed by atoms with Crippen molar-refractivity contribution in [2.24, 2.45) is 5.84 Å². The Bertz CT molecular complexity index is 119. The Labute approximate surface area is 58.9 Å². The lowest BCUT2D eigenvalue weighted by molar-refractivity contribution is -0.126. The summed E-state index contributed by atoms with van der Waals surface area (Å²) in [5.41, 5.74) is 1.93. The highest BCUT2D eigenvalue weighted by molar-refractivity contribution is 5.83. The minimum atomic E-state index is -0.330. The van der Waals surface area contributed by atoms with Gasteiger partial charge in [0.05, 0.1) is 0 Å². The van der Waals surface area contributed by atoms with E-state index in [4.69, 9.17) is 5.84 Å². The number of hydrogen-bond donors (Lipinski definition) is 3. The molecule has 0 aromatic rings. The Balaban J connectivity index is 3.35. The monoisotopic (exact) mass is 145 g/mol. The number of carbonyl (C=O) groups excluding carboxylic acids is 2. The third kappa shape index (κ3) is 3.85. The number of hydrogen-bond acceptors (Lipinski definition) is 3. The van der Waals surface area contributed by atoms with Crippen LogP contribution in [-0.4, -0.2) is 18.9 Å². The van der Waals surface area contributed by atoms with Crippen LogP contribution in [0.15, 0.2) is 0 Å². The number of nitrogens with one attached hydrogen (secondary N) is 2. The van der Waals surface area contributed by atoms with Crippen molar-refractivity contribution in [3.63, 3.8) is 0 Å². The second-order valence-electron chi connectivity index (χ2n) is 1.74. The first kappa shape index (κ1) is 8.90. The van der Waals surface area contributed by atoms with Gasteiger partial charge in [0.2, 0.25) is 11.8 Å². The van der Waals surface area contributed by atoms with E-state index in [2.05, 4.69) is 5.32 Å². The van der Waals surface area contributed by atoms with Gasteiger partial charge in [0, 0.05) is 19.9 Å². The Kier molecular flexibility index (Phi) is 4.23. The predicted octanol–water partition coefficient (Wildman–Crippen LogP) is -1.50. The number of hydrazine groups is 1. The van der Waals surface area contributed by atoms with Crippen molar-refractivity contribution in [1.29, 1.82) is 0 Å². The molecule has 0 bridgehead atoms. The van der Waals surface area contributed by atoms with E-state index in [0.29, 0.717) is 0 Å². The molecule has 0 spiro atoms. The van der Waals surface area contributed by atoms with E-state index >= 15 is 0 Å². The molecule has 0 atom stereocenters. The van der Waals surface area contributed by atoms with Crippen molar-refractivity contribution in [2.45, 2.75) is 12.8 Å². The van der Waals surface area contributed by atoms with E-state index in [-0.39, 0.29) is 24.7 Å².